The number of aromatic nitrogens is 1. The summed E-state index contributed by atoms with van der Waals surface area (Å²) in [7, 11) is 1.53. The highest BCUT2D eigenvalue weighted by molar-refractivity contribution is 8.00. The number of thiazole rings is 1. The van der Waals surface area contributed by atoms with Crippen molar-refractivity contribution in [3.05, 3.63) is 27.3 Å². The van der Waals surface area contributed by atoms with Gasteiger partial charge in [0.15, 0.2) is 10.8 Å². The summed E-state index contributed by atoms with van der Waals surface area (Å²) in [5.41, 5.74) is -0.246. The number of hydrogen-bond acceptors (Lipinski definition) is 11. The molecule has 2 fully saturated rings. The van der Waals surface area contributed by atoms with Crippen molar-refractivity contribution in [3.63, 3.8) is 0 Å². The molecule has 36 heavy (non-hydrogen) atoms. The van der Waals surface area contributed by atoms with Gasteiger partial charge in [0.1, 0.15) is 17.7 Å². The highest BCUT2D eigenvalue weighted by Gasteiger charge is 2.59. The lowest BCUT2D eigenvalue weighted by Crippen LogP contribution is -2.74. The number of aromatic amines is 1. The van der Waals surface area contributed by atoms with Crippen LogP contribution in [0.5, 0.6) is 0 Å². The Bertz CT molecular complexity index is 1260. The molecule has 1 aromatic heterocycles. The number of urea groups is 1. The SMILES string of the molecule is CC(=O)OCC1=C(OC(=O)O)N2C(=O)C(N(C(=O)C(=N)c3csc(=N)[nH]3)N3CCN(C)C3=O)[C@@H]2SC1. The van der Waals surface area contributed by atoms with E-state index in [1.54, 1.807) is 0 Å². The average Bonchev–Trinajstić information content (AvgIpc) is 3.39. The van der Waals surface area contributed by atoms with Crippen molar-refractivity contribution in [1.29, 1.82) is 10.8 Å². The molecule has 15 nitrogen and oxygen atoms in total. The van der Waals surface area contributed by atoms with Gasteiger partial charge in [-0.1, -0.05) is 0 Å². The monoisotopic (exact) mass is 539 g/mol. The van der Waals surface area contributed by atoms with E-state index in [2.05, 4.69) is 4.98 Å². The summed E-state index contributed by atoms with van der Waals surface area (Å²) in [6.45, 7) is 1.25. The highest BCUT2D eigenvalue weighted by Crippen LogP contribution is 2.43. The van der Waals surface area contributed by atoms with E-state index in [0.29, 0.717) is 0 Å². The molecule has 4 amide bonds. The largest absolute Gasteiger partial charge is 0.512 e. The molecule has 3 aliphatic heterocycles. The Kier molecular flexibility index (Phi) is 6.77. The summed E-state index contributed by atoms with van der Waals surface area (Å²) in [4.78, 5) is 67.2. The number of ether oxygens (including phenoxy) is 2. The summed E-state index contributed by atoms with van der Waals surface area (Å²) in [5.74, 6) is -2.48. The molecule has 2 atom stereocenters. The standard InChI is InChI=1S/C19H21N7O8S2/c1-8(27)33-5-9-6-35-16-12(14(29)25(16)15(9)34-19(31)32)26(24-4-3-23(2)18(24)30)13(28)11(20)10-7-36-17(21)22-10/h7,12,16,20H,3-6H2,1-2H3,(H2,21,22)(H,31,32)/t12?,16-/m0/s1. The number of amides is 4. The number of β-lactam (4-membered cyclic amide) rings is 1. The lowest BCUT2D eigenvalue weighted by Gasteiger charge is -2.53. The molecule has 4 rings (SSSR count). The number of carbonyl (C=O) groups is 5. The molecule has 192 valence electrons. The van der Waals surface area contributed by atoms with Gasteiger partial charge in [0.05, 0.1) is 12.2 Å². The van der Waals surface area contributed by atoms with Crippen LogP contribution in [0.3, 0.4) is 0 Å². The van der Waals surface area contributed by atoms with Crippen LogP contribution >= 0.6 is 23.1 Å². The minimum Gasteiger partial charge on any atom is -0.461 e. The summed E-state index contributed by atoms with van der Waals surface area (Å²) in [5, 5.41) is 27.8. The molecule has 4 heterocycles. The molecule has 0 saturated carbocycles. The van der Waals surface area contributed by atoms with E-state index in [1.165, 1.54) is 24.3 Å². The van der Waals surface area contributed by atoms with Crippen molar-refractivity contribution >= 4 is 58.8 Å². The molecule has 3 aliphatic rings. The zero-order valence-electron chi connectivity index (χ0n) is 19.0. The number of carbonyl (C=O) groups excluding carboxylic acids is 4. The quantitative estimate of drug-likeness (QED) is 0.205. The number of likely N-dealkylation sites (N-methyl/N-ethyl adjacent to an activating group) is 1. The van der Waals surface area contributed by atoms with E-state index < -0.39 is 47.1 Å². The number of hydrazine groups is 1. The first kappa shape index (κ1) is 25.2. The van der Waals surface area contributed by atoms with Gasteiger partial charge in [-0.05, 0) is 0 Å². The van der Waals surface area contributed by atoms with Gasteiger partial charge >= 0.3 is 18.2 Å². The Hall–Kier alpha value is -3.86. The molecular formula is C19H21N7O8S2. The second-order valence-corrected chi connectivity index (χ2v) is 9.85. The Morgan fingerprint density at radius 2 is 2.03 bits per heavy atom. The van der Waals surface area contributed by atoms with Crippen molar-refractivity contribution in [2.45, 2.75) is 18.3 Å². The number of fused-ring (bicyclic) bond motifs is 1. The first-order valence-corrected chi connectivity index (χ1v) is 12.3. The van der Waals surface area contributed by atoms with E-state index in [9.17, 15) is 29.1 Å². The highest BCUT2D eigenvalue weighted by atomic mass is 32.2. The van der Waals surface area contributed by atoms with Gasteiger partial charge in [-0.3, -0.25) is 30.1 Å². The van der Waals surface area contributed by atoms with Crippen LogP contribution in [-0.2, 0) is 23.9 Å². The van der Waals surface area contributed by atoms with Crippen molar-refractivity contribution in [3.8, 4) is 0 Å². The summed E-state index contributed by atoms with van der Waals surface area (Å²) < 4.78 is 9.80. The van der Waals surface area contributed by atoms with Crippen LogP contribution in [0, 0.1) is 10.8 Å². The molecule has 0 radical (unpaired) electrons. The van der Waals surface area contributed by atoms with Crippen LogP contribution < -0.4 is 4.80 Å². The van der Waals surface area contributed by atoms with Gasteiger partial charge < -0.3 is 24.5 Å². The minimum atomic E-state index is -1.68. The molecule has 17 heteroatoms. The normalized spacial score (nSPS) is 21.2. The second-order valence-electron chi connectivity index (χ2n) is 7.87. The van der Waals surface area contributed by atoms with Crippen LogP contribution in [0.1, 0.15) is 12.6 Å². The van der Waals surface area contributed by atoms with Gasteiger partial charge in [0, 0.05) is 37.2 Å². The van der Waals surface area contributed by atoms with E-state index in [1.807, 2.05) is 0 Å². The first-order chi connectivity index (χ1) is 17.0. The van der Waals surface area contributed by atoms with Crippen molar-refractivity contribution in [1.82, 2.24) is 24.8 Å². The fraction of sp³-hybridized carbons (Fsp3) is 0.421. The maximum Gasteiger partial charge on any atom is 0.512 e. The molecular weight excluding hydrogens is 518 g/mol. The van der Waals surface area contributed by atoms with Gasteiger partial charge in [0.2, 0.25) is 5.88 Å². The predicted molar refractivity (Wildman–Crippen MR) is 123 cm³/mol. The van der Waals surface area contributed by atoms with Crippen LogP contribution in [0.2, 0.25) is 0 Å². The first-order valence-electron chi connectivity index (χ1n) is 10.4. The fourth-order valence-electron chi connectivity index (χ4n) is 3.84. The lowest BCUT2D eigenvalue weighted by atomic mass is 10.0. The average molecular weight is 540 g/mol. The second kappa shape index (κ2) is 9.65. The molecule has 4 N–H and O–H groups in total. The number of esters is 1. The predicted octanol–water partition coefficient (Wildman–Crippen LogP) is -0.212. The van der Waals surface area contributed by atoms with Crippen LogP contribution in [0.25, 0.3) is 0 Å². The Morgan fingerprint density at radius 3 is 2.58 bits per heavy atom. The van der Waals surface area contributed by atoms with Crippen molar-refractivity contribution in [2.75, 3.05) is 32.5 Å². The third-order valence-corrected chi connectivity index (χ3v) is 7.57. The lowest BCUT2D eigenvalue weighted by molar-refractivity contribution is -0.170. The number of nitrogens with zero attached hydrogens (tertiary/aromatic N) is 4. The summed E-state index contributed by atoms with van der Waals surface area (Å²) in [6, 6.07) is -1.79. The Balaban J connectivity index is 1.68. The Labute approximate surface area is 211 Å². The maximum atomic E-state index is 13.5. The van der Waals surface area contributed by atoms with E-state index >= 15 is 0 Å². The summed E-state index contributed by atoms with van der Waals surface area (Å²) in [6.07, 6.45) is -1.68. The van der Waals surface area contributed by atoms with Gasteiger partial charge in [0.25, 0.3) is 11.8 Å². The smallest absolute Gasteiger partial charge is 0.461 e. The van der Waals surface area contributed by atoms with E-state index in [4.69, 9.17) is 20.3 Å². The molecule has 0 bridgehead atoms. The number of nitrogens with one attached hydrogen (secondary N) is 3. The number of rotatable bonds is 7. The third-order valence-electron chi connectivity index (χ3n) is 5.55. The molecule has 1 aromatic rings. The maximum absolute atomic E-state index is 13.5. The third kappa shape index (κ3) is 4.41. The van der Waals surface area contributed by atoms with E-state index in [-0.39, 0.29) is 47.4 Å². The molecule has 1 unspecified atom stereocenters. The summed E-state index contributed by atoms with van der Waals surface area (Å²) >= 11 is 2.14. The van der Waals surface area contributed by atoms with Crippen LogP contribution in [0.4, 0.5) is 9.59 Å². The topological polar surface area (TPSA) is 200 Å². The number of carboxylic acid groups (broad SMARTS) is 1. The van der Waals surface area contributed by atoms with Crippen LogP contribution in [0.15, 0.2) is 16.8 Å². The molecule has 0 aliphatic carbocycles. The fourth-order valence-corrected chi connectivity index (χ4v) is 5.76. The number of hydrogen-bond donors (Lipinski definition) is 4. The van der Waals surface area contributed by atoms with Crippen molar-refractivity contribution in [2.24, 2.45) is 0 Å². The van der Waals surface area contributed by atoms with Crippen LogP contribution in [-0.4, -0.2) is 110 Å². The van der Waals surface area contributed by atoms with Crippen molar-refractivity contribution < 1.29 is 38.6 Å². The zero-order chi connectivity index (χ0) is 26.3. The number of H-pyrrole nitrogens is 1. The van der Waals surface area contributed by atoms with Gasteiger partial charge in [-0.25, -0.2) is 19.6 Å². The van der Waals surface area contributed by atoms with E-state index in [0.717, 1.165) is 38.0 Å². The molecule has 0 aromatic carbocycles. The van der Waals surface area contributed by atoms with Gasteiger partial charge in [-0.2, -0.15) is 0 Å². The zero-order valence-corrected chi connectivity index (χ0v) is 20.6. The molecule has 2 saturated heterocycles. The minimum absolute atomic E-state index is 0.0146. The Morgan fingerprint density at radius 1 is 1.31 bits per heavy atom. The van der Waals surface area contributed by atoms with Gasteiger partial charge in [-0.15, -0.1) is 23.1 Å². The molecule has 0 spiro atoms. The number of thioether (sulfide) groups is 1.